The van der Waals surface area contributed by atoms with Crippen molar-refractivity contribution in [3.8, 4) is 0 Å². The van der Waals surface area contributed by atoms with Crippen LogP contribution in [0.15, 0.2) is 48.5 Å². The van der Waals surface area contributed by atoms with Crippen molar-refractivity contribution in [1.82, 2.24) is 9.78 Å². The average Bonchev–Trinajstić information content (AvgIpc) is 2.86. The molecular weight excluding hydrogens is 357 g/mol. The van der Waals surface area contributed by atoms with Gasteiger partial charge in [0.25, 0.3) is 5.91 Å². The summed E-state index contributed by atoms with van der Waals surface area (Å²) in [6, 6.07) is 15.2. The van der Waals surface area contributed by atoms with Crippen LogP contribution in [0.5, 0.6) is 0 Å². The van der Waals surface area contributed by atoms with E-state index in [1.54, 1.807) is 23.7 Å². The molecule has 3 rings (SSSR count). The number of nitrogens with zero attached hydrogens (tertiary/aromatic N) is 2. The van der Waals surface area contributed by atoms with Crippen molar-refractivity contribution in [2.45, 2.75) is 20.4 Å². The third-order valence-electron chi connectivity index (χ3n) is 3.90. The van der Waals surface area contributed by atoms with Crippen LogP contribution in [0.4, 0.5) is 5.69 Å². The van der Waals surface area contributed by atoms with Gasteiger partial charge in [0.2, 0.25) is 0 Å². The summed E-state index contributed by atoms with van der Waals surface area (Å²) in [4.78, 5) is 12.6. The largest absolute Gasteiger partial charge is 0.322 e. The maximum absolute atomic E-state index is 12.6. The van der Waals surface area contributed by atoms with Crippen LogP contribution in [0.1, 0.15) is 27.2 Å². The monoisotopic (exact) mass is 373 g/mol. The van der Waals surface area contributed by atoms with Gasteiger partial charge in [0.15, 0.2) is 0 Å². The van der Waals surface area contributed by atoms with Gasteiger partial charge in [-0.25, -0.2) is 4.68 Å². The highest BCUT2D eigenvalue weighted by molar-refractivity contribution is 6.34. The fourth-order valence-corrected chi connectivity index (χ4v) is 3.04. The van der Waals surface area contributed by atoms with Crippen molar-refractivity contribution in [3.63, 3.8) is 0 Å². The topological polar surface area (TPSA) is 46.9 Å². The van der Waals surface area contributed by atoms with E-state index in [1.165, 1.54) is 0 Å². The Bertz CT molecular complexity index is 920. The van der Waals surface area contributed by atoms with E-state index in [2.05, 4.69) is 10.4 Å². The Balaban J connectivity index is 1.84. The highest BCUT2D eigenvalue weighted by Crippen LogP contribution is 2.24. The first-order chi connectivity index (χ1) is 12.0. The Hall–Kier alpha value is -2.30. The average molecular weight is 374 g/mol. The summed E-state index contributed by atoms with van der Waals surface area (Å²) in [6.07, 6.45) is 0. The quantitative estimate of drug-likeness (QED) is 0.690. The number of rotatable bonds is 4. The molecule has 0 bridgehead atoms. The van der Waals surface area contributed by atoms with Crippen molar-refractivity contribution in [2.75, 3.05) is 5.32 Å². The van der Waals surface area contributed by atoms with E-state index in [9.17, 15) is 4.79 Å². The maximum Gasteiger partial charge on any atom is 0.260 e. The molecule has 0 aliphatic heterocycles. The number of carbonyl (C=O) groups excluding carboxylic acids is 1. The lowest BCUT2D eigenvalue weighted by molar-refractivity contribution is 0.102. The van der Waals surface area contributed by atoms with Crippen LogP contribution in [0.3, 0.4) is 0 Å². The standard InChI is InChI=1S/C19H17Cl2N3O/c1-12-8-9-15(10-16(12)20)22-19(25)17-13(2)23-24(18(17)21)11-14-6-4-3-5-7-14/h3-10H,11H2,1-2H3,(H,22,25). The minimum atomic E-state index is -0.304. The lowest BCUT2D eigenvalue weighted by atomic mass is 10.2. The van der Waals surface area contributed by atoms with Crippen LogP contribution < -0.4 is 5.32 Å². The van der Waals surface area contributed by atoms with E-state index in [0.717, 1.165) is 11.1 Å². The van der Waals surface area contributed by atoms with Crippen molar-refractivity contribution in [1.29, 1.82) is 0 Å². The van der Waals surface area contributed by atoms with E-state index in [4.69, 9.17) is 23.2 Å². The van der Waals surface area contributed by atoms with Crippen LogP contribution in [0.2, 0.25) is 10.2 Å². The zero-order chi connectivity index (χ0) is 18.0. The number of benzene rings is 2. The molecule has 3 aromatic rings. The Morgan fingerprint density at radius 3 is 2.52 bits per heavy atom. The van der Waals surface area contributed by atoms with E-state index in [0.29, 0.717) is 33.7 Å². The first-order valence-electron chi connectivity index (χ1n) is 7.80. The number of aromatic nitrogens is 2. The molecule has 25 heavy (non-hydrogen) atoms. The third kappa shape index (κ3) is 3.86. The second-order valence-electron chi connectivity index (χ2n) is 5.81. The molecule has 0 saturated heterocycles. The van der Waals surface area contributed by atoms with Crippen LogP contribution in [-0.2, 0) is 6.54 Å². The molecule has 1 N–H and O–H groups in total. The van der Waals surface area contributed by atoms with Gasteiger partial charge in [-0.1, -0.05) is 59.6 Å². The molecule has 128 valence electrons. The molecule has 6 heteroatoms. The number of amides is 1. The molecule has 0 atom stereocenters. The van der Waals surface area contributed by atoms with E-state index in [-0.39, 0.29) is 5.91 Å². The SMILES string of the molecule is Cc1ccc(NC(=O)c2c(C)nn(Cc3ccccc3)c2Cl)cc1Cl. The minimum Gasteiger partial charge on any atom is -0.322 e. The van der Waals surface area contributed by atoms with Crippen molar-refractivity contribution in [3.05, 3.63) is 81.1 Å². The van der Waals surface area contributed by atoms with Gasteiger partial charge in [0.1, 0.15) is 5.15 Å². The van der Waals surface area contributed by atoms with Crippen LogP contribution >= 0.6 is 23.2 Å². The van der Waals surface area contributed by atoms with Crippen LogP contribution in [0, 0.1) is 13.8 Å². The normalized spacial score (nSPS) is 10.7. The Morgan fingerprint density at radius 1 is 1.12 bits per heavy atom. The Kier molecular flexibility index (Phi) is 5.11. The summed E-state index contributed by atoms with van der Waals surface area (Å²) < 4.78 is 1.63. The molecule has 0 saturated carbocycles. The Morgan fingerprint density at radius 2 is 1.84 bits per heavy atom. The molecule has 0 aliphatic carbocycles. The second-order valence-corrected chi connectivity index (χ2v) is 6.58. The van der Waals surface area contributed by atoms with Crippen molar-refractivity contribution < 1.29 is 4.79 Å². The van der Waals surface area contributed by atoms with Crippen LogP contribution in [-0.4, -0.2) is 15.7 Å². The third-order valence-corrected chi connectivity index (χ3v) is 4.69. The predicted molar refractivity (Wildman–Crippen MR) is 102 cm³/mol. The molecule has 0 aliphatic rings. The van der Waals surface area contributed by atoms with Gasteiger partial charge in [0.05, 0.1) is 17.8 Å². The number of hydrogen-bond donors (Lipinski definition) is 1. The highest BCUT2D eigenvalue weighted by Gasteiger charge is 2.20. The minimum absolute atomic E-state index is 0.304. The first kappa shape index (κ1) is 17.5. The summed E-state index contributed by atoms with van der Waals surface area (Å²) in [5, 5.41) is 8.14. The van der Waals surface area contributed by atoms with Gasteiger partial charge in [-0.2, -0.15) is 5.10 Å². The zero-order valence-corrected chi connectivity index (χ0v) is 15.4. The number of aryl methyl sites for hydroxylation is 2. The molecule has 1 heterocycles. The lowest BCUT2D eigenvalue weighted by Crippen LogP contribution is -2.13. The zero-order valence-electron chi connectivity index (χ0n) is 13.9. The maximum atomic E-state index is 12.6. The smallest absolute Gasteiger partial charge is 0.260 e. The fourth-order valence-electron chi connectivity index (χ4n) is 2.54. The van der Waals surface area contributed by atoms with Gasteiger partial charge in [-0.05, 0) is 37.1 Å². The Labute approximate surface area is 156 Å². The van der Waals surface area contributed by atoms with Gasteiger partial charge in [0, 0.05) is 10.7 Å². The highest BCUT2D eigenvalue weighted by atomic mass is 35.5. The van der Waals surface area contributed by atoms with E-state index >= 15 is 0 Å². The molecule has 0 radical (unpaired) electrons. The fraction of sp³-hybridized carbons (Fsp3) is 0.158. The molecule has 0 fully saturated rings. The number of nitrogens with one attached hydrogen (secondary N) is 1. The van der Waals surface area contributed by atoms with E-state index in [1.807, 2.05) is 43.3 Å². The molecule has 4 nitrogen and oxygen atoms in total. The van der Waals surface area contributed by atoms with E-state index < -0.39 is 0 Å². The molecular formula is C19H17Cl2N3O. The summed E-state index contributed by atoms with van der Waals surface area (Å²) in [5.74, 6) is -0.304. The predicted octanol–water partition coefficient (Wildman–Crippen LogP) is 5.11. The number of halogens is 2. The number of carbonyl (C=O) groups is 1. The summed E-state index contributed by atoms with van der Waals surface area (Å²) in [6.45, 7) is 4.18. The summed E-state index contributed by atoms with van der Waals surface area (Å²) in [5.41, 5.74) is 3.58. The second kappa shape index (κ2) is 7.30. The van der Waals surface area contributed by atoms with Crippen molar-refractivity contribution in [2.24, 2.45) is 0 Å². The molecule has 0 spiro atoms. The van der Waals surface area contributed by atoms with Gasteiger partial charge >= 0.3 is 0 Å². The molecule has 0 unspecified atom stereocenters. The summed E-state index contributed by atoms with van der Waals surface area (Å²) in [7, 11) is 0. The van der Waals surface area contributed by atoms with Gasteiger partial charge < -0.3 is 5.32 Å². The lowest BCUT2D eigenvalue weighted by Gasteiger charge is -2.07. The van der Waals surface area contributed by atoms with Crippen LogP contribution in [0.25, 0.3) is 0 Å². The molecule has 1 aromatic heterocycles. The first-order valence-corrected chi connectivity index (χ1v) is 8.55. The van der Waals surface area contributed by atoms with Gasteiger partial charge in [-0.15, -0.1) is 0 Å². The number of anilines is 1. The van der Waals surface area contributed by atoms with Gasteiger partial charge in [-0.3, -0.25) is 4.79 Å². The molecule has 2 aromatic carbocycles. The number of hydrogen-bond acceptors (Lipinski definition) is 2. The van der Waals surface area contributed by atoms with Crippen molar-refractivity contribution >= 4 is 34.8 Å². The molecule has 1 amide bonds. The summed E-state index contributed by atoms with van der Waals surface area (Å²) >= 11 is 12.5.